The number of hydrogen-bond donors (Lipinski definition) is 1. The van der Waals surface area contributed by atoms with Gasteiger partial charge in [0, 0.05) is 18.4 Å². The van der Waals surface area contributed by atoms with Crippen molar-refractivity contribution >= 4 is 0 Å². The average Bonchev–Trinajstić information content (AvgIpc) is 2.81. The van der Waals surface area contributed by atoms with Crippen LogP contribution >= 0.6 is 0 Å². The first-order valence-corrected chi connectivity index (χ1v) is 6.57. The van der Waals surface area contributed by atoms with Gasteiger partial charge in [-0.1, -0.05) is 30.3 Å². The van der Waals surface area contributed by atoms with Crippen LogP contribution in [0.1, 0.15) is 17.7 Å². The van der Waals surface area contributed by atoms with Gasteiger partial charge in [-0.25, -0.2) is 4.98 Å². The number of aromatic nitrogens is 2. The summed E-state index contributed by atoms with van der Waals surface area (Å²) in [6.45, 7) is 5.25. The summed E-state index contributed by atoms with van der Waals surface area (Å²) in [6, 6.07) is 10.6. The predicted molar refractivity (Wildman–Crippen MR) is 74.6 cm³/mol. The molecule has 96 valence electrons. The van der Waals surface area contributed by atoms with Crippen LogP contribution in [0.2, 0.25) is 0 Å². The Morgan fingerprint density at radius 2 is 2.00 bits per heavy atom. The van der Waals surface area contributed by atoms with Crippen LogP contribution in [0.4, 0.5) is 0 Å². The zero-order valence-electron chi connectivity index (χ0n) is 11.0. The Bertz CT molecular complexity index is 448. The Morgan fingerprint density at radius 3 is 2.72 bits per heavy atom. The van der Waals surface area contributed by atoms with E-state index in [9.17, 15) is 0 Å². The summed E-state index contributed by atoms with van der Waals surface area (Å²) in [7, 11) is 0. The van der Waals surface area contributed by atoms with E-state index in [4.69, 9.17) is 0 Å². The molecule has 2 aromatic rings. The fourth-order valence-corrected chi connectivity index (χ4v) is 2.00. The van der Waals surface area contributed by atoms with E-state index in [2.05, 4.69) is 52.1 Å². The number of aryl methyl sites for hydroxylation is 2. The topological polar surface area (TPSA) is 29.9 Å². The highest BCUT2D eigenvalue weighted by Gasteiger charge is 1.96. The van der Waals surface area contributed by atoms with Gasteiger partial charge in [0.15, 0.2) is 0 Å². The zero-order valence-corrected chi connectivity index (χ0v) is 11.0. The molecule has 1 aromatic heterocycles. The predicted octanol–water partition coefficient (Wildman–Crippen LogP) is 2.41. The molecule has 0 saturated heterocycles. The van der Waals surface area contributed by atoms with Crippen LogP contribution in [0.15, 0.2) is 42.9 Å². The van der Waals surface area contributed by atoms with Gasteiger partial charge in [0.25, 0.3) is 0 Å². The molecular weight excluding hydrogens is 222 g/mol. The molecule has 1 heterocycles. The van der Waals surface area contributed by atoms with E-state index < -0.39 is 0 Å². The van der Waals surface area contributed by atoms with Crippen molar-refractivity contribution in [1.82, 2.24) is 14.9 Å². The summed E-state index contributed by atoms with van der Waals surface area (Å²) in [5.41, 5.74) is 2.63. The lowest BCUT2D eigenvalue weighted by molar-refractivity contribution is 0.575. The highest BCUT2D eigenvalue weighted by molar-refractivity contribution is 5.14. The molecular formula is C15H21N3. The van der Waals surface area contributed by atoms with Crippen molar-refractivity contribution in [3.8, 4) is 0 Å². The number of benzene rings is 1. The quantitative estimate of drug-likeness (QED) is 0.757. The highest BCUT2D eigenvalue weighted by Crippen LogP contribution is 1.99. The first-order valence-electron chi connectivity index (χ1n) is 6.57. The molecule has 0 aliphatic heterocycles. The number of nitrogens with one attached hydrogen (secondary N) is 1. The molecule has 0 aliphatic rings. The van der Waals surface area contributed by atoms with Gasteiger partial charge in [0.05, 0.1) is 6.33 Å². The SMILES string of the molecule is Cc1cncn1CCCNCCc1ccccc1. The first kappa shape index (κ1) is 12.8. The third-order valence-electron chi connectivity index (χ3n) is 3.11. The van der Waals surface area contributed by atoms with E-state index in [1.807, 2.05) is 12.5 Å². The van der Waals surface area contributed by atoms with E-state index in [1.54, 1.807) is 0 Å². The lowest BCUT2D eigenvalue weighted by atomic mass is 10.1. The van der Waals surface area contributed by atoms with Crippen LogP contribution in [0, 0.1) is 6.92 Å². The molecule has 0 bridgehead atoms. The van der Waals surface area contributed by atoms with Crippen LogP contribution in [-0.2, 0) is 13.0 Å². The third kappa shape index (κ3) is 4.00. The summed E-state index contributed by atoms with van der Waals surface area (Å²) in [5, 5.41) is 3.48. The fourth-order valence-electron chi connectivity index (χ4n) is 2.00. The molecule has 18 heavy (non-hydrogen) atoms. The molecule has 2 rings (SSSR count). The largest absolute Gasteiger partial charge is 0.335 e. The van der Waals surface area contributed by atoms with Gasteiger partial charge in [0.2, 0.25) is 0 Å². The first-order chi connectivity index (χ1) is 8.86. The van der Waals surface area contributed by atoms with Crippen molar-refractivity contribution in [3.63, 3.8) is 0 Å². The summed E-state index contributed by atoms with van der Waals surface area (Å²) in [4.78, 5) is 4.12. The maximum absolute atomic E-state index is 4.12. The molecule has 0 fully saturated rings. The Kier molecular flexibility index (Phi) is 4.97. The molecule has 0 atom stereocenters. The monoisotopic (exact) mass is 243 g/mol. The summed E-state index contributed by atoms with van der Waals surface area (Å²) in [5.74, 6) is 0. The average molecular weight is 243 g/mol. The second-order valence-electron chi connectivity index (χ2n) is 4.57. The van der Waals surface area contributed by atoms with Crippen LogP contribution in [0.25, 0.3) is 0 Å². The van der Waals surface area contributed by atoms with Crippen molar-refractivity contribution in [3.05, 3.63) is 54.1 Å². The second kappa shape index (κ2) is 6.97. The molecule has 1 aromatic carbocycles. The minimum atomic E-state index is 1.05. The van der Waals surface area contributed by atoms with Gasteiger partial charge in [-0.15, -0.1) is 0 Å². The van der Waals surface area contributed by atoms with Crippen molar-refractivity contribution in [2.75, 3.05) is 13.1 Å². The second-order valence-corrected chi connectivity index (χ2v) is 4.57. The van der Waals surface area contributed by atoms with Crippen molar-refractivity contribution in [2.24, 2.45) is 0 Å². The minimum Gasteiger partial charge on any atom is -0.335 e. The summed E-state index contributed by atoms with van der Waals surface area (Å²) < 4.78 is 2.19. The van der Waals surface area contributed by atoms with Gasteiger partial charge in [0.1, 0.15) is 0 Å². The number of hydrogen-bond acceptors (Lipinski definition) is 2. The lowest BCUT2D eigenvalue weighted by Gasteiger charge is -2.07. The maximum Gasteiger partial charge on any atom is 0.0948 e. The Labute approximate surface area is 109 Å². The van der Waals surface area contributed by atoms with E-state index in [0.29, 0.717) is 0 Å². The molecule has 0 saturated carbocycles. The fraction of sp³-hybridized carbons (Fsp3) is 0.400. The Hall–Kier alpha value is -1.61. The minimum absolute atomic E-state index is 1.05. The Balaban J connectivity index is 1.56. The van der Waals surface area contributed by atoms with Crippen molar-refractivity contribution in [1.29, 1.82) is 0 Å². The highest BCUT2D eigenvalue weighted by atomic mass is 15.0. The molecule has 0 aliphatic carbocycles. The van der Waals surface area contributed by atoms with E-state index in [0.717, 1.165) is 32.5 Å². The lowest BCUT2D eigenvalue weighted by Crippen LogP contribution is -2.19. The van der Waals surface area contributed by atoms with Crippen molar-refractivity contribution in [2.45, 2.75) is 26.3 Å². The van der Waals surface area contributed by atoms with E-state index >= 15 is 0 Å². The smallest absolute Gasteiger partial charge is 0.0948 e. The van der Waals surface area contributed by atoms with Gasteiger partial charge in [-0.05, 0) is 38.4 Å². The molecule has 0 unspecified atom stereocenters. The summed E-state index contributed by atoms with van der Waals surface area (Å²) in [6.07, 6.45) is 6.05. The Morgan fingerprint density at radius 1 is 1.17 bits per heavy atom. The van der Waals surface area contributed by atoms with Gasteiger partial charge >= 0.3 is 0 Å². The van der Waals surface area contributed by atoms with Crippen molar-refractivity contribution < 1.29 is 0 Å². The van der Waals surface area contributed by atoms with Crippen LogP contribution < -0.4 is 5.32 Å². The molecule has 0 radical (unpaired) electrons. The van der Waals surface area contributed by atoms with E-state index in [1.165, 1.54) is 11.3 Å². The molecule has 0 spiro atoms. The molecule has 3 nitrogen and oxygen atoms in total. The third-order valence-corrected chi connectivity index (χ3v) is 3.11. The standard InChI is InChI=1S/C15H21N3/c1-14-12-17-13-18(14)11-5-9-16-10-8-15-6-3-2-4-7-15/h2-4,6-7,12-13,16H,5,8-11H2,1H3. The normalized spacial score (nSPS) is 10.7. The van der Waals surface area contributed by atoms with Crippen LogP contribution in [0.3, 0.4) is 0 Å². The molecule has 3 heteroatoms. The van der Waals surface area contributed by atoms with Crippen LogP contribution in [0.5, 0.6) is 0 Å². The van der Waals surface area contributed by atoms with Gasteiger partial charge < -0.3 is 9.88 Å². The number of nitrogens with zero attached hydrogens (tertiary/aromatic N) is 2. The molecule has 1 N–H and O–H groups in total. The maximum atomic E-state index is 4.12. The molecule has 0 amide bonds. The number of rotatable bonds is 7. The van der Waals surface area contributed by atoms with Gasteiger partial charge in [-0.2, -0.15) is 0 Å². The van der Waals surface area contributed by atoms with Gasteiger partial charge in [-0.3, -0.25) is 0 Å². The van der Waals surface area contributed by atoms with Crippen LogP contribution in [-0.4, -0.2) is 22.6 Å². The number of imidazole rings is 1. The zero-order chi connectivity index (χ0) is 12.6. The summed E-state index contributed by atoms with van der Waals surface area (Å²) >= 11 is 0. The van der Waals surface area contributed by atoms with E-state index in [-0.39, 0.29) is 0 Å².